The molecule has 0 bridgehead atoms. The van der Waals surface area contributed by atoms with Gasteiger partial charge in [0, 0.05) is 23.7 Å². The van der Waals surface area contributed by atoms with E-state index in [1.54, 1.807) is 11.3 Å². The summed E-state index contributed by atoms with van der Waals surface area (Å²) in [4.78, 5) is 10.4. The molecule has 102 valence electrons. The summed E-state index contributed by atoms with van der Waals surface area (Å²) in [5.74, 6) is 0. The summed E-state index contributed by atoms with van der Waals surface area (Å²) in [6.45, 7) is 7.48. The van der Waals surface area contributed by atoms with E-state index in [4.69, 9.17) is 4.98 Å². The molecule has 1 unspecified atom stereocenters. The van der Waals surface area contributed by atoms with Crippen LogP contribution in [0, 0.1) is 0 Å². The Morgan fingerprint density at radius 3 is 2.79 bits per heavy atom. The molecule has 1 atom stereocenters. The summed E-state index contributed by atoms with van der Waals surface area (Å²) in [5, 5.41) is 4.56. The third-order valence-electron chi connectivity index (χ3n) is 3.22. The summed E-state index contributed by atoms with van der Waals surface area (Å²) in [5.41, 5.74) is 2.17. The van der Waals surface area contributed by atoms with Gasteiger partial charge in [0.1, 0.15) is 5.01 Å². The van der Waals surface area contributed by atoms with Gasteiger partial charge in [0.25, 0.3) is 0 Å². The molecule has 0 aliphatic carbocycles. The van der Waals surface area contributed by atoms with Gasteiger partial charge in [-0.15, -0.1) is 11.3 Å². The van der Waals surface area contributed by atoms with Crippen LogP contribution in [-0.4, -0.2) is 16.0 Å². The minimum absolute atomic E-state index is 0.546. The van der Waals surface area contributed by atoms with Crippen LogP contribution in [0.25, 0.3) is 10.7 Å². The van der Waals surface area contributed by atoms with Crippen molar-refractivity contribution in [2.75, 3.05) is 0 Å². The van der Waals surface area contributed by atoms with Crippen molar-refractivity contribution in [1.82, 2.24) is 15.3 Å². The second-order valence-electron chi connectivity index (χ2n) is 4.65. The lowest BCUT2D eigenvalue weighted by Crippen LogP contribution is -2.24. The molecule has 2 rings (SSSR count). The zero-order chi connectivity index (χ0) is 13.7. The number of thiazole rings is 1. The summed E-state index contributed by atoms with van der Waals surface area (Å²) in [7, 11) is 0. The number of nitrogens with zero attached hydrogens (tertiary/aromatic N) is 2. The highest BCUT2D eigenvalue weighted by Crippen LogP contribution is 2.27. The first-order chi connectivity index (χ1) is 9.24. The van der Waals surface area contributed by atoms with Crippen LogP contribution < -0.4 is 5.32 Å². The molecule has 19 heavy (non-hydrogen) atoms. The molecule has 0 saturated carbocycles. The molecule has 3 nitrogen and oxygen atoms in total. The first-order valence-electron chi connectivity index (χ1n) is 6.88. The maximum absolute atomic E-state index is 4.72. The van der Waals surface area contributed by atoms with Gasteiger partial charge in [-0.3, -0.25) is 4.98 Å². The average Bonchev–Trinajstić information content (AvgIpc) is 2.89. The van der Waals surface area contributed by atoms with Gasteiger partial charge in [0.05, 0.1) is 11.4 Å². The second kappa shape index (κ2) is 6.78. The molecule has 0 aromatic carbocycles. The number of aryl methyl sites for hydroxylation is 1. The molecular weight excluding hydrogens is 254 g/mol. The van der Waals surface area contributed by atoms with Gasteiger partial charge in [-0.25, -0.2) is 4.98 Å². The SMILES string of the molecule is CCc1nc(-c2ccccn2)sc1CNC(C)CC. The van der Waals surface area contributed by atoms with Crippen LogP contribution in [0.4, 0.5) is 0 Å². The Morgan fingerprint density at radius 2 is 2.16 bits per heavy atom. The van der Waals surface area contributed by atoms with Crippen LogP contribution in [-0.2, 0) is 13.0 Å². The molecule has 2 aromatic heterocycles. The number of rotatable bonds is 6. The molecule has 0 saturated heterocycles. The first-order valence-corrected chi connectivity index (χ1v) is 7.69. The van der Waals surface area contributed by atoms with Gasteiger partial charge in [-0.2, -0.15) is 0 Å². The molecule has 1 N–H and O–H groups in total. The Labute approximate surface area is 119 Å². The lowest BCUT2D eigenvalue weighted by Gasteiger charge is -2.10. The fraction of sp³-hybridized carbons (Fsp3) is 0.467. The van der Waals surface area contributed by atoms with Gasteiger partial charge >= 0.3 is 0 Å². The highest BCUT2D eigenvalue weighted by Gasteiger charge is 2.12. The molecule has 0 spiro atoms. The third-order valence-corrected chi connectivity index (χ3v) is 4.34. The number of aromatic nitrogens is 2. The van der Waals surface area contributed by atoms with E-state index in [0.717, 1.165) is 30.1 Å². The summed E-state index contributed by atoms with van der Waals surface area (Å²) in [6.07, 6.45) is 3.94. The van der Waals surface area contributed by atoms with Crippen molar-refractivity contribution in [3.8, 4) is 10.7 Å². The molecular formula is C15H21N3S. The molecule has 4 heteroatoms. The van der Waals surface area contributed by atoms with E-state index in [1.165, 1.54) is 10.6 Å². The maximum Gasteiger partial charge on any atom is 0.142 e. The van der Waals surface area contributed by atoms with Gasteiger partial charge in [0.15, 0.2) is 0 Å². The summed E-state index contributed by atoms with van der Waals surface area (Å²) < 4.78 is 0. The number of nitrogens with one attached hydrogen (secondary N) is 1. The zero-order valence-electron chi connectivity index (χ0n) is 11.8. The van der Waals surface area contributed by atoms with E-state index < -0.39 is 0 Å². The van der Waals surface area contributed by atoms with E-state index in [1.807, 2.05) is 24.4 Å². The molecule has 0 radical (unpaired) electrons. The Kier molecular flexibility index (Phi) is 5.05. The second-order valence-corrected chi connectivity index (χ2v) is 5.73. The van der Waals surface area contributed by atoms with Gasteiger partial charge in [-0.1, -0.05) is 19.9 Å². The number of hydrogen-bond donors (Lipinski definition) is 1. The van der Waals surface area contributed by atoms with Gasteiger partial charge in [0.2, 0.25) is 0 Å². The van der Waals surface area contributed by atoms with Crippen LogP contribution in [0.1, 0.15) is 37.8 Å². The Bertz CT molecular complexity index is 507. The Morgan fingerprint density at radius 1 is 1.32 bits per heavy atom. The van der Waals surface area contributed by atoms with E-state index in [-0.39, 0.29) is 0 Å². The van der Waals surface area contributed by atoms with Gasteiger partial charge in [-0.05, 0) is 31.9 Å². The van der Waals surface area contributed by atoms with Crippen molar-refractivity contribution in [3.63, 3.8) is 0 Å². The van der Waals surface area contributed by atoms with E-state index in [2.05, 4.69) is 31.1 Å². The van der Waals surface area contributed by atoms with Crippen molar-refractivity contribution in [2.45, 2.75) is 46.2 Å². The van der Waals surface area contributed by atoms with Crippen LogP contribution in [0.5, 0.6) is 0 Å². The minimum atomic E-state index is 0.546. The lowest BCUT2D eigenvalue weighted by molar-refractivity contribution is 0.535. The van der Waals surface area contributed by atoms with E-state index in [9.17, 15) is 0 Å². The molecule has 0 aliphatic rings. The highest BCUT2D eigenvalue weighted by molar-refractivity contribution is 7.15. The minimum Gasteiger partial charge on any atom is -0.309 e. The lowest BCUT2D eigenvalue weighted by atomic mass is 10.2. The fourth-order valence-electron chi connectivity index (χ4n) is 1.81. The van der Waals surface area contributed by atoms with E-state index in [0.29, 0.717) is 6.04 Å². The van der Waals surface area contributed by atoms with Crippen LogP contribution in [0.2, 0.25) is 0 Å². The predicted octanol–water partition coefficient (Wildman–Crippen LogP) is 3.66. The van der Waals surface area contributed by atoms with Gasteiger partial charge < -0.3 is 5.32 Å². The third kappa shape index (κ3) is 3.61. The quantitative estimate of drug-likeness (QED) is 0.874. The van der Waals surface area contributed by atoms with Crippen LogP contribution in [0.3, 0.4) is 0 Å². The number of hydrogen-bond acceptors (Lipinski definition) is 4. The van der Waals surface area contributed by atoms with Crippen molar-refractivity contribution >= 4 is 11.3 Å². The molecule has 2 heterocycles. The average molecular weight is 275 g/mol. The van der Waals surface area contributed by atoms with Crippen molar-refractivity contribution in [2.24, 2.45) is 0 Å². The highest BCUT2D eigenvalue weighted by atomic mass is 32.1. The number of pyridine rings is 1. The Hall–Kier alpha value is -1.26. The fourth-order valence-corrected chi connectivity index (χ4v) is 2.89. The molecule has 0 amide bonds. The summed E-state index contributed by atoms with van der Waals surface area (Å²) in [6, 6.07) is 6.50. The largest absolute Gasteiger partial charge is 0.309 e. The van der Waals surface area contributed by atoms with Crippen LogP contribution in [0.15, 0.2) is 24.4 Å². The van der Waals surface area contributed by atoms with Crippen molar-refractivity contribution in [1.29, 1.82) is 0 Å². The molecule has 0 fully saturated rings. The van der Waals surface area contributed by atoms with Crippen LogP contribution >= 0.6 is 11.3 Å². The van der Waals surface area contributed by atoms with E-state index >= 15 is 0 Å². The standard InChI is InChI=1S/C15H21N3S/c1-4-11(3)17-10-14-12(5-2)18-15(19-14)13-8-6-7-9-16-13/h6-9,11,17H,4-5,10H2,1-3H3. The molecule has 0 aliphatic heterocycles. The summed E-state index contributed by atoms with van der Waals surface area (Å²) >= 11 is 1.75. The Balaban J connectivity index is 2.18. The predicted molar refractivity (Wildman–Crippen MR) is 81.3 cm³/mol. The normalized spacial score (nSPS) is 12.6. The monoisotopic (exact) mass is 275 g/mol. The van der Waals surface area contributed by atoms with Crippen molar-refractivity contribution in [3.05, 3.63) is 35.0 Å². The zero-order valence-corrected chi connectivity index (χ0v) is 12.6. The molecule has 2 aromatic rings. The maximum atomic E-state index is 4.72. The first kappa shape index (κ1) is 14.2. The smallest absolute Gasteiger partial charge is 0.142 e. The van der Waals surface area contributed by atoms with Crippen molar-refractivity contribution < 1.29 is 0 Å². The topological polar surface area (TPSA) is 37.8 Å².